The van der Waals surface area contributed by atoms with Crippen molar-refractivity contribution in [2.75, 3.05) is 11.9 Å². The minimum atomic E-state index is 0.499. The summed E-state index contributed by atoms with van der Waals surface area (Å²) in [5, 5.41) is 3.10. The van der Waals surface area contributed by atoms with Crippen LogP contribution in [0.5, 0.6) is 0 Å². The fraction of sp³-hybridized carbons (Fsp3) is 0.500. The first-order valence-corrected chi connectivity index (χ1v) is 6.21. The number of benzene rings is 1. The van der Waals surface area contributed by atoms with Crippen LogP contribution in [-0.4, -0.2) is 12.5 Å². The lowest BCUT2D eigenvalue weighted by Crippen LogP contribution is -2.22. The number of nitrogens with one attached hydrogen (secondary N) is 1. The highest BCUT2D eigenvalue weighted by Crippen LogP contribution is 2.09. The van der Waals surface area contributed by atoms with Crippen LogP contribution in [0.4, 0.5) is 5.69 Å². The van der Waals surface area contributed by atoms with Crippen LogP contribution >= 0.6 is 0 Å². The van der Waals surface area contributed by atoms with E-state index in [1.54, 1.807) is 0 Å². The molecule has 0 saturated heterocycles. The van der Waals surface area contributed by atoms with Gasteiger partial charge in [-0.05, 0) is 43.4 Å². The van der Waals surface area contributed by atoms with E-state index in [2.05, 4.69) is 43.2 Å². The van der Waals surface area contributed by atoms with Crippen molar-refractivity contribution in [1.29, 1.82) is 0 Å². The van der Waals surface area contributed by atoms with Gasteiger partial charge in [0.1, 0.15) is 0 Å². The Morgan fingerprint density at radius 3 is 2.82 bits per heavy atom. The van der Waals surface area contributed by atoms with Crippen molar-refractivity contribution in [2.45, 2.75) is 33.6 Å². The second-order valence-corrected chi connectivity index (χ2v) is 4.80. The Bertz CT molecular complexity index is 369. The van der Waals surface area contributed by atoms with Gasteiger partial charge >= 0.3 is 0 Å². The molecule has 3 N–H and O–H groups in total. The topological polar surface area (TPSA) is 50.4 Å². The van der Waals surface area contributed by atoms with Crippen LogP contribution in [0.2, 0.25) is 0 Å². The van der Waals surface area contributed by atoms with Gasteiger partial charge in [-0.3, -0.25) is 4.99 Å². The second-order valence-electron chi connectivity index (χ2n) is 4.80. The molecule has 1 aromatic rings. The monoisotopic (exact) mass is 233 g/mol. The average Bonchev–Trinajstić information content (AvgIpc) is 2.24. The summed E-state index contributed by atoms with van der Waals surface area (Å²) in [4.78, 5) is 4.30. The zero-order valence-electron chi connectivity index (χ0n) is 11.0. The zero-order chi connectivity index (χ0) is 12.7. The number of aryl methyl sites for hydroxylation is 1. The van der Waals surface area contributed by atoms with Gasteiger partial charge in [0.05, 0.1) is 0 Å². The van der Waals surface area contributed by atoms with E-state index in [1.165, 1.54) is 12.0 Å². The third kappa shape index (κ3) is 5.95. The summed E-state index contributed by atoms with van der Waals surface area (Å²) in [6.45, 7) is 7.29. The number of rotatable bonds is 5. The van der Waals surface area contributed by atoms with E-state index in [0.29, 0.717) is 5.96 Å². The summed E-state index contributed by atoms with van der Waals surface area (Å²) >= 11 is 0. The Balaban J connectivity index is 2.38. The molecule has 0 radical (unpaired) electrons. The molecule has 3 heteroatoms. The number of hydrogen-bond donors (Lipinski definition) is 2. The smallest absolute Gasteiger partial charge is 0.193 e. The van der Waals surface area contributed by atoms with Gasteiger partial charge in [-0.15, -0.1) is 0 Å². The normalized spacial score (nSPS) is 11.9. The van der Waals surface area contributed by atoms with E-state index >= 15 is 0 Å². The first-order chi connectivity index (χ1) is 8.08. The van der Waals surface area contributed by atoms with Crippen molar-refractivity contribution in [3.05, 3.63) is 29.8 Å². The number of aliphatic imine (C=N–C) groups is 1. The molecule has 17 heavy (non-hydrogen) atoms. The van der Waals surface area contributed by atoms with E-state index in [4.69, 9.17) is 5.73 Å². The predicted octanol–water partition coefficient (Wildman–Crippen LogP) is 3.16. The van der Waals surface area contributed by atoms with Crippen LogP contribution < -0.4 is 11.1 Å². The van der Waals surface area contributed by atoms with Crippen LogP contribution in [0.15, 0.2) is 29.3 Å². The first kappa shape index (κ1) is 13.6. The lowest BCUT2D eigenvalue weighted by molar-refractivity contribution is 0.561. The van der Waals surface area contributed by atoms with E-state index in [-0.39, 0.29) is 0 Å². The highest BCUT2D eigenvalue weighted by atomic mass is 15.1. The number of guanidine groups is 1. The van der Waals surface area contributed by atoms with Crippen molar-refractivity contribution in [2.24, 2.45) is 16.6 Å². The summed E-state index contributed by atoms with van der Waals surface area (Å²) in [5.41, 5.74) is 8.02. The van der Waals surface area contributed by atoms with Crippen molar-refractivity contribution in [3.8, 4) is 0 Å². The van der Waals surface area contributed by atoms with Crippen LogP contribution in [0.1, 0.15) is 32.3 Å². The van der Waals surface area contributed by atoms with Gasteiger partial charge in [-0.1, -0.05) is 26.0 Å². The van der Waals surface area contributed by atoms with E-state index in [0.717, 1.165) is 24.6 Å². The molecule has 0 heterocycles. The van der Waals surface area contributed by atoms with Crippen molar-refractivity contribution < 1.29 is 0 Å². The summed E-state index contributed by atoms with van der Waals surface area (Å²) in [5.74, 6) is 1.23. The number of nitrogens with zero attached hydrogens (tertiary/aromatic N) is 1. The average molecular weight is 233 g/mol. The summed E-state index contributed by atoms with van der Waals surface area (Å²) < 4.78 is 0. The van der Waals surface area contributed by atoms with Gasteiger partial charge in [0.15, 0.2) is 5.96 Å². The molecule has 0 atom stereocenters. The molecule has 0 amide bonds. The van der Waals surface area contributed by atoms with Gasteiger partial charge in [-0.2, -0.15) is 0 Å². The van der Waals surface area contributed by atoms with Crippen LogP contribution in [-0.2, 0) is 0 Å². The Morgan fingerprint density at radius 1 is 1.41 bits per heavy atom. The summed E-state index contributed by atoms with van der Waals surface area (Å²) in [6.07, 6.45) is 2.29. The third-order valence-corrected chi connectivity index (χ3v) is 2.51. The summed E-state index contributed by atoms with van der Waals surface area (Å²) in [6, 6.07) is 8.10. The molecule has 0 spiro atoms. The standard InChI is InChI=1S/C14H23N3/c1-11(2)6-5-9-16-14(15)17-13-8-4-7-12(3)10-13/h4,7-8,10-11H,5-6,9H2,1-3H3,(H3,15,16,17). The SMILES string of the molecule is Cc1cccc(NC(N)=NCCCC(C)C)c1. The van der Waals surface area contributed by atoms with Crippen molar-refractivity contribution >= 4 is 11.6 Å². The molecular formula is C14H23N3. The molecule has 0 aliphatic heterocycles. The number of nitrogens with two attached hydrogens (primary N) is 1. The minimum Gasteiger partial charge on any atom is -0.370 e. The molecule has 0 aliphatic carbocycles. The van der Waals surface area contributed by atoms with Gasteiger partial charge < -0.3 is 11.1 Å². The Morgan fingerprint density at radius 2 is 2.18 bits per heavy atom. The Hall–Kier alpha value is -1.51. The molecule has 3 nitrogen and oxygen atoms in total. The molecular weight excluding hydrogens is 210 g/mol. The molecule has 0 fully saturated rings. The molecule has 94 valence electrons. The maximum atomic E-state index is 5.81. The first-order valence-electron chi connectivity index (χ1n) is 6.21. The fourth-order valence-corrected chi connectivity index (χ4v) is 1.61. The fourth-order valence-electron chi connectivity index (χ4n) is 1.61. The molecule has 0 aromatic heterocycles. The lowest BCUT2D eigenvalue weighted by atomic mass is 10.1. The predicted molar refractivity (Wildman–Crippen MR) is 75.4 cm³/mol. The van der Waals surface area contributed by atoms with E-state index < -0.39 is 0 Å². The molecule has 0 bridgehead atoms. The zero-order valence-corrected chi connectivity index (χ0v) is 11.0. The highest BCUT2D eigenvalue weighted by molar-refractivity contribution is 5.92. The lowest BCUT2D eigenvalue weighted by Gasteiger charge is -2.06. The molecule has 0 unspecified atom stereocenters. The summed E-state index contributed by atoms with van der Waals surface area (Å²) in [7, 11) is 0. The van der Waals surface area contributed by atoms with Gasteiger partial charge in [0, 0.05) is 12.2 Å². The van der Waals surface area contributed by atoms with Gasteiger partial charge in [0.25, 0.3) is 0 Å². The van der Waals surface area contributed by atoms with Crippen LogP contribution in [0.25, 0.3) is 0 Å². The van der Waals surface area contributed by atoms with E-state index in [9.17, 15) is 0 Å². The van der Waals surface area contributed by atoms with Gasteiger partial charge in [-0.25, -0.2) is 0 Å². The number of anilines is 1. The van der Waals surface area contributed by atoms with Crippen molar-refractivity contribution in [3.63, 3.8) is 0 Å². The second kappa shape index (κ2) is 6.94. The third-order valence-electron chi connectivity index (χ3n) is 2.51. The van der Waals surface area contributed by atoms with Crippen LogP contribution in [0, 0.1) is 12.8 Å². The quantitative estimate of drug-likeness (QED) is 0.466. The molecule has 1 rings (SSSR count). The van der Waals surface area contributed by atoms with Crippen LogP contribution in [0.3, 0.4) is 0 Å². The Kier molecular flexibility index (Phi) is 5.53. The molecule has 1 aromatic carbocycles. The minimum absolute atomic E-state index is 0.499. The highest BCUT2D eigenvalue weighted by Gasteiger charge is 1.96. The van der Waals surface area contributed by atoms with Gasteiger partial charge in [0.2, 0.25) is 0 Å². The Labute approximate surface area is 104 Å². The molecule has 0 saturated carbocycles. The largest absolute Gasteiger partial charge is 0.370 e. The molecule has 0 aliphatic rings. The van der Waals surface area contributed by atoms with E-state index in [1.807, 2.05) is 12.1 Å². The number of hydrogen-bond acceptors (Lipinski definition) is 1. The maximum absolute atomic E-state index is 5.81. The maximum Gasteiger partial charge on any atom is 0.193 e. The van der Waals surface area contributed by atoms with Crippen molar-refractivity contribution in [1.82, 2.24) is 0 Å².